The van der Waals surface area contributed by atoms with Crippen molar-refractivity contribution in [3.63, 3.8) is 0 Å². The summed E-state index contributed by atoms with van der Waals surface area (Å²) in [5, 5.41) is 2.39. The van der Waals surface area contributed by atoms with Crippen molar-refractivity contribution in [2.24, 2.45) is 0 Å². The lowest BCUT2D eigenvalue weighted by Crippen LogP contribution is -2.11. The molecule has 0 unspecified atom stereocenters. The van der Waals surface area contributed by atoms with E-state index in [0.29, 0.717) is 17.6 Å². The molecule has 0 fully saturated rings. The van der Waals surface area contributed by atoms with Gasteiger partial charge in [0.05, 0.1) is 11.0 Å². The minimum absolute atomic E-state index is 0.623. The lowest BCUT2D eigenvalue weighted by molar-refractivity contribution is 0.954. The third-order valence-electron chi connectivity index (χ3n) is 5.78. The van der Waals surface area contributed by atoms with E-state index in [2.05, 4.69) is 54.9 Å². The van der Waals surface area contributed by atoms with Crippen molar-refractivity contribution in [1.29, 1.82) is 0 Å². The van der Waals surface area contributed by atoms with Gasteiger partial charge in [0.25, 0.3) is 0 Å². The van der Waals surface area contributed by atoms with Gasteiger partial charge >= 0.3 is 0 Å². The van der Waals surface area contributed by atoms with Crippen LogP contribution in [0.3, 0.4) is 0 Å². The summed E-state index contributed by atoms with van der Waals surface area (Å²) in [6.07, 6.45) is 0. The summed E-state index contributed by atoms with van der Waals surface area (Å²) in [7, 11) is 2.13. The second kappa shape index (κ2) is 7.47. The molecule has 2 heterocycles. The molecule has 0 saturated heterocycles. The van der Waals surface area contributed by atoms with Gasteiger partial charge in [-0.1, -0.05) is 103 Å². The molecular weight excluding hydrogens is 391 g/mol. The summed E-state index contributed by atoms with van der Waals surface area (Å²) in [6.45, 7) is 0. The molecule has 0 aliphatic heterocycles. The summed E-state index contributed by atoms with van der Waals surface area (Å²) >= 11 is 0. The third-order valence-corrected chi connectivity index (χ3v) is 5.78. The van der Waals surface area contributed by atoms with Crippen LogP contribution in [0.15, 0.2) is 103 Å². The number of fused-ring (bicyclic) bond motifs is 3. The highest BCUT2D eigenvalue weighted by molar-refractivity contribution is 6.39. The summed E-state index contributed by atoms with van der Waals surface area (Å²) in [5.41, 5.74) is 5.32. The van der Waals surface area contributed by atoms with Crippen LogP contribution >= 0.6 is 0 Å². The number of benzene rings is 4. The van der Waals surface area contributed by atoms with E-state index in [-0.39, 0.29) is 0 Å². The van der Waals surface area contributed by atoms with Crippen LogP contribution in [0.1, 0.15) is 0 Å². The minimum Gasteiger partial charge on any atom is -0.278 e. The summed E-state index contributed by atoms with van der Waals surface area (Å²) in [6, 6.07) is 35.0. The average Bonchev–Trinajstić information content (AvgIpc) is 3.21. The van der Waals surface area contributed by atoms with Crippen LogP contribution in [-0.4, -0.2) is 27.4 Å². The molecule has 6 rings (SSSR count). The van der Waals surface area contributed by atoms with Crippen LogP contribution in [0.2, 0.25) is 0 Å². The van der Waals surface area contributed by atoms with Gasteiger partial charge in [0.15, 0.2) is 11.6 Å². The molecule has 0 aliphatic carbocycles. The zero-order valence-corrected chi connectivity index (χ0v) is 17.6. The Kier molecular flexibility index (Phi) is 4.32. The monoisotopic (exact) mass is 410 g/mol. The first-order valence-corrected chi connectivity index (χ1v) is 10.7. The zero-order chi connectivity index (χ0) is 21.5. The van der Waals surface area contributed by atoms with Crippen LogP contribution < -0.4 is 5.46 Å². The van der Waals surface area contributed by atoms with Crippen molar-refractivity contribution in [2.45, 2.75) is 0 Å². The van der Waals surface area contributed by atoms with Gasteiger partial charge in [0.1, 0.15) is 7.85 Å². The van der Waals surface area contributed by atoms with E-state index in [9.17, 15) is 0 Å². The van der Waals surface area contributed by atoms with Gasteiger partial charge in [0.2, 0.25) is 5.95 Å². The van der Waals surface area contributed by atoms with Crippen LogP contribution in [0.4, 0.5) is 0 Å². The van der Waals surface area contributed by atoms with Crippen molar-refractivity contribution < 1.29 is 0 Å². The van der Waals surface area contributed by atoms with E-state index in [0.717, 1.165) is 22.2 Å². The molecule has 0 N–H and O–H groups in total. The van der Waals surface area contributed by atoms with E-state index in [1.807, 2.05) is 60.7 Å². The standard InChI is InChI=1S/C27H19BN4/c28-22-16-9-15-21-20-14-7-8-17-23(20)32(24(21)22)27-30-25(18-10-3-1-4-11-18)29-26(31-27)19-12-5-2-6-13-19/h1-17H,28H2. The smallest absolute Gasteiger partial charge is 0.238 e. The third kappa shape index (κ3) is 2.98. The highest BCUT2D eigenvalue weighted by Gasteiger charge is 2.18. The van der Waals surface area contributed by atoms with Crippen molar-refractivity contribution in [3.05, 3.63) is 103 Å². The van der Waals surface area contributed by atoms with Crippen LogP contribution in [0.5, 0.6) is 0 Å². The summed E-state index contributed by atoms with van der Waals surface area (Å²) < 4.78 is 2.17. The number of aromatic nitrogens is 4. The van der Waals surface area contributed by atoms with Gasteiger partial charge in [-0.05, 0) is 6.07 Å². The topological polar surface area (TPSA) is 43.6 Å². The Labute approximate surface area is 186 Å². The zero-order valence-electron chi connectivity index (χ0n) is 17.6. The predicted molar refractivity (Wildman–Crippen MR) is 133 cm³/mol. The number of hydrogen-bond acceptors (Lipinski definition) is 3. The number of rotatable bonds is 3. The van der Waals surface area contributed by atoms with Crippen LogP contribution in [-0.2, 0) is 0 Å². The van der Waals surface area contributed by atoms with Crippen molar-refractivity contribution >= 4 is 35.1 Å². The molecule has 5 heteroatoms. The van der Waals surface area contributed by atoms with Gasteiger partial charge in [-0.3, -0.25) is 4.57 Å². The number of hydrogen-bond donors (Lipinski definition) is 0. The lowest BCUT2D eigenvalue weighted by Gasteiger charge is -2.11. The molecule has 0 atom stereocenters. The molecule has 4 aromatic carbocycles. The normalized spacial score (nSPS) is 11.2. The van der Waals surface area contributed by atoms with E-state index < -0.39 is 0 Å². The quantitative estimate of drug-likeness (QED) is 0.402. The highest BCUT2D eigenvalue weighted by atomic mass is 15.2. The van der Waals surface area contributed by atoms with E-state index in [1.54, 1.807) is 0 Å². The molecule has 150 valence electrons. The Morgan fingerprint density at radius 2 is 1.09 bits per heavy atom. The SMILES string of the molecule is Bc1cccc2c3ccccc3n(-c3nc(-c4ccccc4)nc(-c4ccccc4)n3)c12. The summed E-state index contributed by atoms with van der Waals surface area (Å²) in [4.78, 5) is 14.7. The maximum atomic E-state index is 4.95. The first-order chi connectivity index (χ1) is 15.8. The molecular formula is C27H19BN4. The molecule has 32 heavy (non-hydrogen) atoms. The fourth-order valence-electron chi connectivity index (χ4n) is 4.30. The Morgan fingerprint density at radius 1 is 0.531 bits per heavy atom. The molecule has 0 radical (unpaired) electrons. The molecule has 0 amide bonds. The first-order valence-electron chi connectivity index (χ1n) is 10.7. The maximum absolute atomic E-state index is 4.95. The van der Waals surface area contributed by atoms with Gasteiger partial charge in [0, 0.05) is 21.9 Å². The summed E-state index contributed by atoms with van der Waals surface area (Å²) in [5.74, 6) is 1.95. The second-order valence-electron chi connectivity index (χ2n) is 7.84. The minimum atomic E-state index is 0.623. The van der Waals surface area contributed by atoms with Crippen LogP contribution in [0.25, 0.3) is 50.5 Å². The molecule has 0 aliphatic rings. The van der Waals surface area contributed by atoms with Crippen molar-refractivity contribution in [2.75, 3.05) is 0 Å². The van der Waals surface area contributed by atoms with E-state index in [4.69, 9.17) is 15.0 Å². The second-order valence-corrected chi connectivity index (χ2v) is 7.84. The predicted octanol–water partition coefficient (Wildman–Crippen LogP) is 4.56. The van der Waals surface area contributed by atoms with Gasteiger partial charge < -0.3 is 0 Å². The fraction of sp³-hybridized carbons (Fsp3) is 0. The van der Waals surface area contributed by atoms with E-state index >= 15 is 0 Å². The Bertz CT molecular complexity index is 1520. The molecule has 4 nitrogen and oxygen atoms in total. The van der Waals surface area contributed by atoms with Gasteiger partial charge in [-0.25, -0.2) is 4.98 Å². The molecule has 2 aromatic heterocycles. The molecule has 6 aromatic rings. The Morgan fingerprint density at radius 3 is 1.75 bits per heavy atom. The maximum Gasteiger partial charge on any atom is 0.238 e. The van der Waals surface area contributed by atoms with Crippen molar-refractivity contribution in [1.82, 2.24) is 19.5 Å². The largest absolute Gasteiger partial charge is 0.278 e. The van der Waals surface area contributed by atoms with Crippen LogP contribution in [0, 0.1) is 0 Å². The van der Waals surface area contributed by atoms with Crippen molar-refractivity contribution in [3.8, 4) is 28.7 Å². The number of para-hydroxylation sites is 2. The average molecular weight is 410 g/mol. The first kappa shape index (κ1) is 18.5. The van der Waals surface area contributed by atoms with E-state index in [1.165, 1.54) is 16.2 Å². The molecule has 0 spiro atoms. The van der Waals surface area contributed by atoms with Gasteiger partial charge in [-0.2, -0.15) is 9.97 Å². The fourth-order valence-corrected chi connectivity index (χ4v) is 4.30. The molecule has 0 saturated carbocycles. The Hall–Kier alpha value is -4.25. The molecule has 0 bridgehead atoms. The highest BCUT2D eigenvalue weighted by Crippen LogP contribution is 2.31. The number of nitrogens with zero attached hydrogens (tertiary/aromatic N) is 4. The Balaban J connectivity index is 1.72. The van der Waals surface area contributed by atoms with Gasteiger partial charge in [-0.15, -0.1) is 0 Å². The lowest BCUT2D eigenvalue weighted by atomic mass is 9.93.